The molecule has 84 valence electrons. The molecule has 1 aromatic rings. The second-order valence-electron chi connectivity index (χ2n) is 3.45. The van der Waals surface area contributed by atoms with Crippen molar-refractivity contribution in [2.75, 3.05) is 26.0 Å². The molecule has 1 rings (SSSR count). The Morgan fingerprint density at radius 1 is 1.27 bits per heavy atom. The van der Waals surface area contributed by atoms with E-state index in [0.717, 1.165) is 5.69 Å². The van der Waals surface area contributed by atoms with Gasteiger partial charge >= 0.3 is 0 Å². The third kappa shape index (κ3) is 3.20. The van der Waals surface area contributed by atoms with Gasteiger partial charge in [0, 0.05) is 19.3 Å². The lowest BCUT2D eigenvalue weighted by Gasteiger charge is -2.18. The van der Waals surface area contributed by atoms with E-state index in [4.69, 9.17) is 0 Å². The summed E-state index contributed by atoms with van der Waals surface area (Å²) in [6.45, 7) is 0.366. The molecule has 4 N–H and O–H groups in total. The molecular weight excluding hydrogens is 192 g/mol. The fourth-order valence-corrected chi connectivity index (χ4v) is 1.42. The molecule has 0 heterocycles. The maximum Gasteiger partial charge on any atom is 0.106 e. The van der Waals surface area contributed by atoms with E-state index in [1.807, 2.05) is 25.2 Å². The minimum atomic E-state index is -0.856. The predicted molar refractivity (Wildman–Crippen MR) is 60.9 cm³/mol. The molecule has 0 bridgehead atoms. The number of aliphatic hydroxyl groups is 2. The highest BCUT2D eigenvalue weighted by atomic mass is 16.3. The van der Waals surface area contributed by atoms with Crippen molar-refractivity contribution in [2.24, 2.45) is 0 Å². The van der Waals surface area contributed by atoms with Gasteiger partial charge in [0.1, 0.15) is 6.10 Å². The van der Waals surface area contributed by atoms with E-state index < -0.39 is 12.2 Å². The molecule has 4 heteroatoms. The first-order valence-corrected chi connectivity index (χ1v) is 4.97. The van der Waals surface area contributed by atoms with Crippen LogP contribution in [0.4, 0.5) is 5.69 Å². The molecule has 0 aromatic heterocycles. The minimum absolute atomic E-state index is 0.366. The van der Waals surface area contributed by atoms with Crippen molar-refractivity contribution < 1.29 is 10.2 Å². The van der Waals surface area contributed by atoms with Crippen LogP contribution >= 0.6 is 0 Å². The predicted octanol–water partition coefficient (Wildman–Crippen LogP) is 0.342. The van der Waals surface area contributed by atoms with E-state index in [-0.39, 0.29) is 0 Å². The summed E-state index contributed by atoms with van der Waals surface area (Å²) < 4.78 is 0. The van der Waals surface area contributed by atoms with Gasteiger partial charge in [-0.1, -0.05) is 12.1 Å². The fraction of sp³-hybridized carbons (Fsp3) is 0.455. The number of aliphatic hydroxyl groups excluding tert-OH is 2. The average molecular weight is 210 g/mol. The minimum Gasteiger partial charge on any atom is -0.389 e. The zero-order valence-electron chi connectivity index (χ0n) is 9.07. The molecule has 4 nitrogen and oxygen atoms in total. The molecule has 1 aromatic carbocycles. The molecule has 2 unspecified atom stereocenters. The Morgan fingerprint density at radius 3 is 2.60 bits per heavy atom. The summed E-state index contributed by atoms with van der Waals surface area (Å²) in [7, 11) is 3.55. The van der Waals surface area contributed by atoms with Crippen LogP contribution in [0.25, 0.3) is 0 Å². The van der Waals surface area contributed by atoms with Crippen LogP contribution in [0.1, 0.15) is 11.7 Å². The van der Waals surface area contributed by atoms with E-state index in [1.54, 1.807) is 13.1 Å². The van der Waals surface area contributed by atoms with E-state index in [0.29, 0.717) is 12.1 Å². The quantitative estimate of drug-likeness (QED) is 0.566. The number of hydrogen-bond acceptors (Lipinski definition) is 4. The van der Waals surface area contributed by atoms with Gasteiger partial charge in [0.25, 0.3) is 0 Å². The van der Waals surface area contributed by atoms with Gasteiger partial charge in [-0.05, 0) is 24.7 Å². The molecule has 0 saturated heterocycles. The van der Waals surface area contributed by atoms with Crippen LogP contribution in [0.5, 0.6) is 0 Å². The first-order chi connectivity index (χ1) is 7.19. The van der Waals surface area contributed by atoms with E-state index >= 15 is 0 Å². The third-order valence-corrected chi connectivity index (χ3v) is 2.29. The van der Waals surface area contributed by atoms with E-state index in [2.05, 4.69) is 10.6 Å². The number of hydrogen-bond donors (Lipinski definition) is 4. The summed E-state index contributed by atoms with van der Waals surface area (Å²) in [5.41, 5.74) is 1.63. The van der Waals surface area contributed by atoms with Crippen LogP contribution in [0.15, 0.2) is 24.3 Å². The molecule has 0 fully saturated rings. The number of benzene rings is 1. The third-order valence-electron chi connectivity index (χ3n) is 2.29. The highest BCUT2D eigenvalue weighted by Crippen LogP contribution is 2.19. The highest BCUT2D eigenvalue weighted by Gasteiger charge is 2.17. The monoisotopic (exact) mass is 210 g/mol. The van der Waals surface area contributed by atoms with Gasteiger partial charge in [0.05, 0.1) is 6.10 Å². The van der Waals surface area contributed by atoms with Crippen LogP contribution in [0.2, 0.25) is 0 Å². The van der Waals surface area contributed by atoms with E-state index in [1.165, 1.54) is 0 Å². The van der Waals surface area contributed by atoms with Crippen molar-refractivity contribution in [2.45, 2.75) is 12.2 Å². The summed E-state index contributed by atoms with van der Waals surface area (Å²) in [5.74, 6) is 0. The zero-order chi connectivity index (χ0) is 11.3. The van der Waals surface area contributed by atoms with Crippen LogP contribution in [-0.4, -0.2) is 37.0 Å². The second-order valence-corrected chi connectivity index (χ2v) is 3.45. The SMILES string of the molecule is CNCC(O)C(O)c1cccc(NC)c1. The lowest BCUT2D eigenvalue weighted by molar-refractivity contribution is 0.0203. The first-order valence-electron chi connectivity index (χ1n) is 4.97. The second kappa shape index (κ2) is 5.70. The first kappa shape index (κ1) is 12.0. The Balaban J connectivity index is 2.76. The zero-order valence-corrected chi connectivity index (χ0v) is 9.07. The summed E-state index contributed by atoms with van der Waals surface area (Å²) in [6, 6.07) is 7.37. The molecule has 0 amide bonds. The van der Waals surface area contributed by atoms with Crippen LogP contribution < -0.4 is 10.6 Å². The van der Waals surface area contributed by atoms with E-state index in [9.17, 15) is 10.2 Å². The summed E-state index contributed by atoms with van der Waals surface area (Å²) in [4.78, 5) is 0. The van der Waals surface area contributed by atoms with Crippen molar-refractivity contribution in [3.8, 4) is 0 Å². The number of rotatable bonds is 5. The van der Waals surface area contributed by atoms with Crippen molar-refractivity contribution in [1.82, 2.24) is 5.32 Å². The Morgan fingerprint density at radius 2 is 2.00 bits per heavy atom. The maximum absolute atomic E-state index is 9.82. The van der Waals surface area contributed by atoms with Gasteiger partial charge in [-0.15, -0.1) is 0 Å². The summed E-state index contributed by atoms with van der Waals surface area (Å²) in [6.07, 6.45) is -1.65. The Hall–Kier alpha value is -1.10. The van der Waals surface area contributed by atoms with Gasteiger partial charge in [-0.2, -0.15) is 0 Å². The Bertz CT molecular complexity index is 304. The van der Waals surface area contributed by atoms with Crippen molar-refractivity contribution in [3.05, 3.63) is 29.8 Å². The van der Waals surface area contributed by atoms with Crippen molar-refractivity contribution in [3.63, 3.8) is 0 Å². The molecule has 0 aliphatic rings. The number of nitrogens with one attached hydrogen (secondary N) is 2. The van der Waals surface area contributed by atoms with Crippen LogP contribution in [0, 0.1) is 0 Å². The topological polar surface area (TPSA) is 64.5 Å². The van der Waals surface area contributed by atoms with Gasteiger partial charge in [0.15, 0.2) is 0 Å². The van der Waals surface area contributed by atoms with Crippen LogP contribution in [-0.2, 0) is 0 Å². The fourth-order valence-electron chi connectivity index (χ4n) is 1.42. The lowest BCUT2D eigenvalue weighted by Crippen LogP contribution is -2.29. The van der Waals surface area contributed by atoms with Crippen LogP contribution in [0.3, 0.4) is 0 Å². The molecule has 0 aliphatic carbocycles. The molecule has 0 saturated carbocycles. The highest BCUT2D eigenvalue weighted by molar-refractivity contribution is 5.45. The standard InChI is InChI=1S/C11H18N2O2/c1-12-7-10(14)11(15)8-4-3-5-9(6-8)13-2/h3-6,10-15H,7H2,1-2H3. The maximum atomic E-state index is 9.82. The van der Waals surface area contributed by atoms with Gasteiger partial charge in [-0.3, -0.25) is 0 Å². The molecule has 2 atom stereocenters. The summed E-state index contributed by atoms with van der Waals surface area (Å²) >= 11 is 0. The number of anilines is 1. The number of likely N-dealkylation sites (N-methyl/N-ethyl adjacent to an activating group) is 1. The van der Waals surface area contributed by atoms with Gasteiger partial charge < -0.3 is 20.8 Å². The summed E-state index contributed by atoms with van der Waals surface area (Å²) in [5, 5.41) is 25.2. The van der Waals surface area contributed by atoms with Crippen molar-refractivity contribution >= 4 is 5.69 Å². The molecule has 0 spiro atoms. The smallest absolute Gasteiger partial charge is 0.106 e. The largest absolute Gasteiger partial charge is 0.389 e. The van der Waals surface area contributed by atoms with Crippen molar-refractivity contribution in [1.29, 1.82) is 0 Å². The Labute approximate surface area is 89.9 Å². The molecule has 0 radical (unpaired) electrons. The molecular formula is C11H18N2O2. The average Bonchev–Trinajstić information content (AvgIpc) is 2.28. The lowest BCUT2D eigenvalue weighted by atomic mass is 10.0. The molecule has 0 aliphatic heterocycles. The van der Waals surface area contributed by atoms with Gasteiger partial charge in [-0.25, -0.2) is 0 Å². The van der Waals surface area contributed by atoms with Gasteiger partial charge in [0.2, 0.25) is 0 Å². The normalized spacial score (nSPS) is 14.7. The Kier molecular flexibility index (Phi) is 4.55. The molecule has 15 heavy (non-hydrogen) atoms.